The molecular weight excluding hydrogens is 202 g/mol. The SMILES string of the molecule is O=S(=O)(O)CC[N]Cc1ccccc1. The smallest absolute Gasteiger partial charge is 0.266 e. The van der Waals surface area contributed by atoms with E-state index in [-0.39, 0.29) is 12.3 Å². The quantitative estimate of drug-likeness (QED) is 0.579. The van der Waals surface area contributed by atoms with Crippen molar-refractivity contribution in [3.8, 4) is 0 Å². The van der Waals surface area contributed by atoms with E-state index in [1.54, 1.807) is 0 Å². The van der Waals surface area contributed by atoms with Crippen LogP contribution in [0.5, 0.6) is 0 Å². The molecule has 77 valence electrons. The summed E-state index contributed by atoms with van der Waals surface area (Å²) in [6.07, 6.45) is 0. The standard InChI is InChI=1S/C9H12NO3S/c11-14(12,13)7-6-10-8-9-4-2-1-3-5-9/h1-5H,6-8H2,(H,11,12,13). The van der Waals surface area contributed by atoms with Crippen LogP contribution in [0.15, 0.2) is 30.3 Å². The molecule has 0 fully saturated rings. The first kappa shape index (κ1) is 11.2. The zero-order chi connectivity index (χ0) is 10.4. The first-order chi connectivity index (χ1) is 6.58. The third kappa shape index (κ3) is 4.96. The molecule has 0 amide bonds. The van der Waals surface area contributed by atoms with Crippen LogP contribution >= 0.6 is 0 Å². The second kappa shape index (κ2) is 5.09. The van der Waals surface area contributed by atoms with Gasteiger partial charge >= 0.3 is 0 Å². The Balaban J connectivity index is 2.23. The van der Waals surface area contributed by atoms with Gasteiger partial charge in [0.1, 0.15) is 0 Å². The van der Waals surface area contributed by atoms with E-state index in [4.69, 9.17) is 4.55 Å². The molecule has 0 unspecified atom stereocenters. The van der Waals surface area contributed by atoms with Crippen molar-refractivity contribution in [2.24, 2.45) is 0 Å². The second-order valence-electron chi connectivity index (χ2n) is 2.88. The lowest BCUT2D eigenvalue weighted by atomic mass is 10.2. The van der Waals surface area contributed by atoms with E-state index in [9.17, 15) is 8.42 Å². The lowest BCUT2D eigenvalue weighted by molar-refractivity contribution is 0.480. The van der Waals surface area contributed by atoms with Crippen LogP contribution in [0, 0.1) is 0 Å². The van der Waals surface area contributed by atoms with Gasteiger partial charge in [0.25, 0.3) is 10.1 Å². The average molecular weight is 214 g/mol. The van der Waals surface area contributed by atoms with E-state index in [2.05, 4.69) is 5.32 Å². The molecule has 1 radical (unpaired) electrons. The summed E-state index contributed by atoms with van der Waals surface area (Å²) in [5, 5.41) is 3.99. The van der Waals surface area contributed by atoms with Gasteiger partial charge in [-0.3, -0.25) is 4.55 Å². The molecule has 0 bridgehead atoms. The summed E-state index contributed by atoms with van der Waals surface area (Å²) in [5.41, 5.74) is 1.03. The lowest BCUT2D eigenvalue weighted by Gasteiger charge is -2.00. The van der Waals surface area contributed by atoms with Gasteiger partial charge < -0.3 is 0 Å². The maximum absolute atomic E-state index is 10.3. The van der Waals surface area contributed by atoms with Gasteiger partial charge in [0.2, 0.25) is 0 Å². The zero-order valence-electron chi connectivity index (χ0n) is 7.63. The Kier molecular flexibility index (Phi) is 4.06. The van der Waals surface area contributed by atoms with Crippen molar-refractivity contribution in [2.45, 2.75) is 6.54 Å². The molecule has 1 rings (SSSR count). The Hall–Kier alpha value is -0.910. The fraction of sp³-hybridized carbons (Fsp3) is 0.333. The van der Waals surface area contributed by atoms with Crippen molar-refractivity contribution in [3.63, 3.8) is 0 Å². The fourth-order valence-corrected chi connectivity index (χ4v) is 1.33. The molecule has 0 aliphatic rings. The first-order valence-corrected chi connectivity index (χ1v) is 5.81. The van der Waals surface area contributed by atoms with Gasteiger partial charge in [-0.15, -0.1) is 0 Å². The monoisotopic (exact) mass is 214 g/mol. The van der Waals surface area contributed by atoms with E-state index >= 15 is 0 Å². The molecular formula is C9H12NO3S. The molecule has 1 aromatic rings. The summed E-state index contributed by atoms with van der Waals surface area (Å²) in [5.74, 6) is -0.306. The molecule has 0 saturated heterocycles. The molecule has 0 aromatic heterocycles. The Morgan fingerprint density at radius 2 is 1.86 bits per heavy atom. The number of hydrogen-bond donors (Lipinski definition) is 1. The molecule has 5 heteroatoms. The van der Waals surface area contributed by atoms with Crippen molar-refractivity contribution in [3.05, 3.63) is 35.9 Å². The molecule has 4 nitrogen and oxygen atoms in total. The molecule has 1 aromatic carbocycles. The molecule has 0 aliphatic carbocycles. The maximum atomic E-state index is 10.3. The van der Waals surface area contributed by atoms with Gasteiger partial charge in [0.05, 0.1) is 5.75 Å². The Labute approximate surface area is 83.7 Å². The maximum Gasteiger partial charge on any atom is 0.266 e. The third-order valence-corrected chi connectivity index (χ3v) is 2.34. The van der Waals surface area contributed by atoms with E-state index in [0.717, 1.165) is 5.56 Å². The number of hydrogen-bond acceptors (Lipinski definition) is 2. The Morgan fingerprint density at radius 3 is 2.43 bits per heavy atom. The normalized spacial score (nSPS) is 11.5. The summed E-state index contributed by atoms with van der Waals surface area (Å²) in [7, 11) is -3.87. The number of rotatable bonds is 5. The number of nitrogens with zero attached hydrogens (tertiary/aromatic N) is 1. The molecule has 1 N–H and O–H groups in total. The first-order valence-electron chi connectivity index (χ1n) is 4.20. The minimum Gasteiger partial charge on any atom is -0.286 e. The molecule has 14 heavy (non-hydrogen) atoms. The highest BCUT2D eigenvalue weighted by molar-refractivity contribution is 7.85. The summed E-state index contributed by atoms with van der Waals surface area (Å²) < 4.78 is 29.1. The van der Waals surface area contributed by atoms with Crippen LogP contribution in [0.1, 0.15) is 5.56 Å². The summed E-state index contributed by atoms with van der Waals surface area (Å²) in [6.45, 7) is 0.615. The summed E-state index contributed by atoms with van der Waals surface area (Å²) >= 11 is 0. The van der Waals surface area contributed by atoms with Crippen LogP contribution in [0.2, 0.25) is 0 Å². The van der Waals surface area contributed by atoms with Crippen LogP contribution in [0.4, 0.5) is 0 Å². The summed E-state index contributed by atoms with van der Waals surface area (Å²) in [4.78, 5) is 0. The van der Waals surface area contributed by atoms with Crippen LogP contribution in [0.25, 0.3) is 0 Å². The number of benzene rings is 1. The van der Waals surface area contributed by atoms with Crippen LogP contribution in [0.3, 0.4) is 0 Å². The second-order valence-corrected chi connectivity index (χ2v) is 4.45. The largest absolute Gasteiger partial charge is 0.286 e. The molecule has 0 atom stereocenters. The Morgan fingerprint density at radius 1 is 1.21 bits per heavy atom. The highest BCUT2D eigenvalue weighted by Crippen LogP contribution is 1.97. The predicted octanol–water partition coefficient (Wildman–Crippen LogP) is 0.679. The van der Waals surface area contributed by atoms with E-state index in [0.29, 0.717) is 6.54 Å². The molecule has 0 aliphatic heterocycles. The van der Waals surface area contributed by atoms with Gasteiger partial charge in [-0.05, 0) is 5.56 Å². The minimum absolute atomic E-state index is 0.133. The van der Waals surface area contributed by atoms with Gasteiger partial charge in [0.15, 0.2) is 0 Å². The third-order valence-electron chi connectivity index (χ3n) is 1.64. The zero-order valence-corrected chi connectivity index (χ0v) is 8.44. The van der Waals surface area contributed by atoms with Crippen molar-refractivity contribution in [2.75, 3.05) is 12.3 Å². The van der Waals surface area contributed by atoms with Gasteiger partial charge in [0, 0.05) is 13.1 Å². The molecule has 0 spiro atoms. The summed E-state index contributed by atoms with van der Waals surface area (Å²) in [6, 6.07) is 9.52. The van der Waals surface area contributed by atoms with Crippen LogP contribution < -0.4 is 5.32 Å². The molecule has 0 heterocycles. The molecule has 0 saturated carbocycles. The fourth-order valence-electron chi connectivity index (χ4n) is 0.971. The van der Waals surface area contributed by atoms with E-state index in [1.165, 1.54) is 0 Å². The van der Waals surface area contributed by atoms with E-state index < -0.39 is 10.1 Å². The predicted molar refractivity (Wildman–Crippen MR) is 53.6 cm³/mol. The van der Waals surface area contributed by atoms with Gasteiger partial charge in [-0.25, -0.2) is 5.32 Å². The van der Waals surface area contributed by atoms with Crippen molar-refractivity contribution in [1.29, 1.82) is 0 Å². The van der Waals surface area contributed by atoms with Crippen molar-refractivity contribution >= 4 is 10.1 Å². The van der Waals surface area contributed by atoms with E-state index in [1.807, 2.05) is 30.3 Å². The van der Waals surface area contributed by atoms with Gasteiger partial charge in [-0.2, -0.15) is 8.42 Å². The average Bonchev–Trinajstić information content (AvgIpc) is 2.13. The Bertz CT molecular complexity index is 361. The minimum atomic E-state index is -3.87. The lowest BCUT2D eigenvalue weighted by Crippen LogP contribution is -2.16. The van der Waals surface area contributed by atoms with Crippen LogP contribution in [-0.4, -0.2) is 25.3 Å². The van der Waals surface area contributed by atoms with Crippen molar-refractivity contribution < 1.29 is 13.0 Å². The highest BCUT2D eigenvalue weighted by atomic mass is 32.2. The van der Waals surface area contributed by atoms with Crippen LogP contribution in [-0.2, 0) is 16.7 Å². The van der Waals surface area contributed by atoms with Crippen molar-refractivity contribution in [1.82, 2.24) is 5.32 Å². The van der Waals surface area contributed by atoms with Gasteiger partial charge in [-0.1, -0.05) is 30.3 Å². The topological polar surface area (TPSA) is 68.5 Å². The highest BCUT2D eigenvalue weighted by Gasteiger charge is 2.03.